The predicted molar refractivity (Wildman–Crippen MR) is 129 cm³/mol. The van der Waals surface area contributed by atoms with E-state index in [4.69, 9.17) is 19.9 Å². The largest absolute Gasteiger partial charge is 0.425 e. The maximum absolute atomic E-state index is 11.3. The molecule has 3 aromatic rings. The highest BCUT2D eigenvalue weighted by Crippen LogP contribution is 2.36. The molecule has 0 radical (unpaired) electrons. The van der Waals surface area contributed by atoms with Gasteiger partial charge in [-0.15, -0.1) is 0 Å². The summed E-state index contributed by atoms with van der Waals surface area (Å²) in [5.41, 5.74) is 7.53. The van der Waals surface area contributed by atoms with Gasteiger partial charge in [-0.3, -0.25) is 4.57 Å². The molecule has 1 aromatic heterocycles. The number of nitrogens with zero attached hydrogens (tertiary/aromatic N) is 2. The van der Waals surface area contributed by atoms with Crippen molar-refractivity contribution in [2.24, 2.45) is 5.73 Å². The lowest BCUT2D eigenvalue weighted by Gasteiger charge is -2.22. The van der Waals surface area contributed by atoms with Crippen LogP contribution in [0.5, 0.6) is 17.5 Å². The van der Waals surface area contributed by atoms with Gasteiger partial charge in [-0.05, 0) is 41.8 Å². The Balaban J connectivity index is 1.90. The van der Waals surface area contributed by atoms with Crippen LogP contribution in [0, 0.1) is 0 Å². The van der Waals surface area contributed by atoms with Crippen molar-refractivity contribution < 1.29 is 19.0 Å². The molecular formula is C24H33N3O4Si. The molecule has 1 amide bonds. The lowest BCUT2D eigenvalue weighted by molar-refractivity contribution is 0.0850. The van der Waals surface area contributed by atoms with Crippen LogP contribution < -0.4 is 15.2 Å². The second kappa shape index (κ2) is 9.34. The monoisotopic (exact) mass is 455 g/mol. The van der Waals surface area contributed by atoms with E-state index in [-0.39, 0.29) is 5.41 Å². The van der Waals surface area contributed by atoms with E-state index in [0.717, 1.165) is 22.6 Å². The van der Waals surface area contributed by atoms with E-state index in [1.165, 1.54) is 0 Å². The molecule has 0 atom stereocenters. The molecule has 1 heterocycles. The van der Waals surface area contributed by atoms with Crippen LogP contribution in [0.1, 0.15) is 26.3 Å². The Morgan fingerprint density at radius 1 is 1.12 bits per heavy atom. The standard InChI is InChI=1S/C24H33N3O4Si/c1-24(2,3)18-15-17(11-12-21(18)31-22(25)28)30-23-26-19-9-7-8-10-20(19)27(23)16-29-13-14-32(4,5)6/h7-12,15H,13-14,16H2,1-6H3,(H2,25,28). The maximum atomic E-state index is 11.3. The van der Waals surface area contributed by atoms with E-state index >= 15 is 0 Å². The highest BCUT2D eigenvalue weighted by atomic mass is 28.3. The summed E-state index contributed by atoms with van der Waals surface area (Å²) in [5, 5.41) is 0. The summed E-state index contributed by atoms with van der Waals surface area (Å²) in [6.07, 6.45) is -0.846. The number of nitrogens with two attached hydrogens (primary N) is 1. The van der Waals surface area contributed by atoms with E-state index in [2.05, 4.69) is 24.6 Å². The molecule has 8 heteroatoms. The smallest absolute Gasteiger partial charge is 0.409 e. The molecule has 172 valence electrons. The number of hydrogen-bond acceptors (Lipinski definition) is 5. The molecule has 0 unspecified atom stereocenters. The number of aromatic nitrogens is 2. The Bertz CT molecular complexity index is 1100. The van der Waals surface area contributed by atoms with Gasteiger partial charge in [0.25, 0.3) is 0 Å². The van der Waals surface area contributed by atoms with Crippen LogP contribution in [-0.2, 0) is 16.9 Å². The second-order valence-electron chi connectivity index (χ2n) is 10.1. The number of para-hydroxylation sites is 2. The summed E-state index contributed by atoms with van der Waals surface area (Å²) in [5.74, 6) is 1.01. The molecule has 0 saturated carbocycles. The third-order valence-electron chi connectivity index (χ3n) is 5.02. The van der Waals surface area contributed by atoms with Crippen LogP contribution in [0.25, 0.3) is 11.0 Å². The SMILES string of the molecule is CC(C)(C)c1cc(Oc2nc3ccccc3n2COCC[Si](C)(C)C)ccc1OC(N)=O. The Morgan fingerprint density at radius 3 is 2.50 bits per heavy atom. The Morgan fingerprint density at radius 2 is 1.84 bits per heavy atom. The molecular weight excluding hydrogens is 422 g/mol. The van der Waals surface area contributed by atoms with E-state index in [1.54, 1.807) is 12.1 Å². The molecule has 0 spiro atoms. The molecule has 2 aromatic carbocycles. The fourth-order valence-corrected chi connectivity index (χ4v) is 4.01. The first-order chi connectivity index (χ1) is 14.9. The molecule has 2 N–H and O–H groups in total. The minimum atomic E-state index is -1.17. The number of amides is 1. The van der Waals surface area contributed by atoms with E-state index in [1.807, 2.05) is 55.7 Å². The van der Waals surface area contributed by atoms with Gasteiger partial charge >= 0.3 is 12.1 Å². The first kappa shape index (κ1) is 23.8. The number of benzene rings is 2. The zero-order valence-corrected chi connectivity index (χ0v) is 20.8. The van der Waals surface area contributed by atoms with Crippen molar-refractivity contribution in [2.75, 3.05) is 6.61 Å². The zero-order chi connectivity index (χ0) is 23.5. The van der Waals surface area contributed by atoms with Gasteiger partial charge < -0.3 is 19.9 Å². The minimum Gasteiger partial charge on any atom is -0.425 e. The molecule has 0 fully saturated rings. The molecule has 0 saturated heterocycles. The first-order valence-electron chi connectivity index (χ1n) is 10.8. The first-order valence-corrected chi connectivity index (χ1v) is 14.5. The highest BCUT2D eigenvalue weighted by molar-refractivity contribution is 6.76. The van der Waals surface area contributed by atoms with Gasteiger partial charge in [-0.25, -0.2) is 4.79 Å². The third kappa shape index (κ3) is 6.11. The fourth-order valence-electron chi connectivity index (χ4n) is 3.25. The molecule has 0 bridgehead atoms. The molecule has 0 aliphatic heterocycles. The topological polar surface area (TPSA) is 88.6 Å². The number of imidazole rings is 1. The van der Waals surface area contributed by atoms with Gasteiger partial charge in [-0.1, -0.05) is 52.5 Å². The summed E-state index contributed by atoms with van der Waals surface area (Å²) in [6.45, 7) is 14.1. The quantitative estimate of drug-likeness (QED) is 0.338. The van der Waals surface area contributed by atoms with E-state index in [9.17, 15) is 4.79 Å². The van der Waals surface area contributed by atoms with Gasteiger partial charge in [0.1, 0.15) is 18.2 Å². The molecule has 3 rings (SSSR count). The number of primary amides is 1. The summed E-state index contributed by atoms with van der Waals surface area (Å²) < 4.78 is 19.3. The van der Waals surface area contributed by atoms with E-state index < -0.39 is 14.2 Å². The third-order valence-corrected chi connectivity index (χ3v) is 6.72. The van der Waals surface area contributed by atoms with Crippen molar-refractivity contribution in [1.29, 1.82) is 0 Å². The molecule has 0 aliphatic rings. The average molecular weight is 456 g/mol. The summed E-state index contributed by atoms with van der Waals surface area (Å²) in [4.78, 5) is 16.0. The normalized spacial score (nSPS) is 12.2. The predicted octanol–water partition coefficient (Wildman–Crippen LogP) is 5.90. The van der Waals surface area contributed by atoms with Crippen molar-refractivity contribution in [1.82, 2.24) is 9.55 Å². The number of fused-ring (bicyclic) bond motifs is 1. The Hall–Kier alpha value is -2.84. The van der Waals surface area contributed by atoms with Gasteiger partial charge in [0.15, 0.2) is 0 Å². The Kier molecular flexibility index (Phi) is 6.95. The highest BCUT2D eigenvalue weighted by Gasteiger charge is 2.22. The van der Waals surface area contributed by atoms with Gasteiger partial charge in [0.05, 0.1) is 11.0 Å². The summed E-state index contributed by atoms with van der Waals surface area (Å²) >= 11 is 0. The number of rotatable bonds is 8. The van der Waals surface area contributed by atoms with E-state index in [0.29, 0.717) is 30.8 Å². The molecule has 32 heavy (non-hydrogen) atoms. The number of ether oxygens (including phenoxy) is 3. The van der Waals surface area contributed by atoms with Gasteiger partial charge in [-0.2, -0.15) is 4.98 Å². The van der Waals surface area contributed by atoms with Crippen LogP contribution in [0.15, 0.2) is 42.5 Å². The van der Waals surface area contributed by atoms with Crippen LogP contribution in [0.3, 0.4) is 0 Å². The van der Waals surface area contributed by atoms with Crippen molar-refractivity contribution in [3.8, 4) is 17.5 Å². The van der Waals surface area contributed by atoms with Crippen LogP contribution in [0.4, 0.5) is 4.79 Å². The van der Waals surface area contributed by atoms with Crippen LogP contribution >= 0.6 is 0 Å². The lowest BCUT2D eigenvalue weighted by Crippen LogP contribution is -2.22. The van der Waals surface area contributed by atoms with Crippen molar-refractivity contribution in [3.63, 3.8) is 0 Å². The average Bonchev–Trinajstić information content (AvgIpc) is 3.01. The lowest BCUT2D eigenvalue weighted by atomic mass is 9.86. The van der Waals surface area contributed by atoms with Gasteiger partial charge in [0.2, 0.25) is 0 Å². The van der Waals surface area contributed by atoms with Gasteiger partial charge in [0, 0.05) is 20.2 Å². The number of hydrogen-bond donors (Lipinski definition) is 1. The van der Waals surface area contributed by atoms with Crippen LogP contribution in [0.2, 0.25) is 25.7 Å². The number of carbonyl (C=O) groups is 1. The van der Waals surface area contributed by atoms with Crippen LogP contribution in [-0.4, -0.2) is 30.3 Å². The van der Waals surface area contributed by atoms with Crippen molar-refractivity contribution in [2.45, 2.75) is 58.6 Å². The number of carbonyl (C=O) groups excluding carboxylic acids is 1. The van der Waals surface area contributed by atoms with Crippen molar-refractivity contribution in [3.05, 3.63) is 48.0 Å². The fraction of sp³-hybridized carbons (Fsp3) is 0.417. The second-order valence-corrected chi connectivity index (χ2v) is 15.7. The summed E-state index contributed by atoms with van der Waals surface area (Å²) in [7, 11) is -1.17. The molecule has 0 aliphatic carbocycles. The summed E-state index contributed by atoms with van der Waals surface area (Å²) in [6, 6.07) is 14.7. The van der Waals surface area contributed by atoms with Crippen molar-refractivity contribution >= 4 is 25.2 Å². The molecule has 7 nitrogen and oxygen atoms in total. The Labute approximate surface area is 190 Å². The minimum absolute atomic E-state index is 0.287. The maximum Gasteiger partial charge on any atom is 0.409 e. The zero-order valence-electron chi connectivity index (χ0n) is 19.8.